The zero-order valence-corrected chi connectivity index (χ0v) is 12.7. The molecule has 0 aliphatic carbocycles. The normalized spacial score (nSPS) is 10.7. The highest BCUT2D eigenvalue weighted by Gasteiger charge is 2.11. The van der Waals surface area contributed by atoms with E-state index in [0.717, 1.165) is 17.0 Å². The Kier molecular flexibility index (Phi) is 4.19. The summed E-state index contributed by atoms with van der Waals surface area (Å²) < 4.78 is 11.3. The van der Waals surface area contributed by atoms with Gasteiger partial charge in [-0.25, -0.2) is 4.98 Å². The SMILES string of the molecule is Cc1oc(-c2ccccc2)nc1CCOc1ccc(O)c(O)c1. The molecule has 1 heterocycles. The number of aromatic hydroxyl groups is 2. The molecule has 0 atom stereocenters. The molecule has 0 spiro atoms. The van der Waals surface area contributed by atoms with Gasteiger partial charge in [0, 0.05) is 18.1 Å². The van der Waals surface area contributed by atoms with Gasteiger partial charge < -0.3 is 19.4 Å². The molecule has 118 valence electrons. The monoisotopic (exact) mass is 311 g/mol. The molecule has 0 bridgehead atoms. The van der Waals surface area contributed by atoms with Crippen LogP contribution in [0.2, 0.25) is 0 Å². The van der Waals surface area contributed by atoms with Crippen molar-refractivity contribution >= 4 is 0 Å². The smallest absolute Gasteiger partial charge is 0.226 e. The van der Waals surface area contributed by atoms with E-state index in [4.69, 9.17) is 9.15 Å². The van der Waals surface area contributed by atoms with Crippen molar-refractivity contribution in [2.75, 3.05) is 6.61 Å². The fourth-order valence-corrected chi connectivity index (χ4v) is 2.22. The largest absolute Gasteiger partial charge is 0.504 e. The quantitative estimate of drug-likeness (QED) is 0.703. The molecule has 5 heteroatoms. The average Bonchev–Trinajstić information content (AvgIpc) is 2.93. The molecule has 0 radical (unpaired) electrons. The van der Waals surface area contributed by atoms with Crippen LogP contribution in [0.3, 0.4) is 0 Å². The fraction of sp³-hybridized carbons (Fsp3) is 0.167. The van der Waals surface area contributed by atoms with Gasteiger partial charge in [-0.3, -0.25) is 0 Å². The number of hydrogen-bond acceptors (Lipinski definition) is 5. The van der Waals surface area contributed by atoms with E-state index < -0.39 is 0 Å². The molecule has 0 aliphatic rings. The second kappa shape index (κ2) is 6.44. The average molecular weight is 311 g/mol. The van der Waals surface area contributed by atoms with Crippen LogP contribution in [0.1, 0.15) is 11.5 Å². The second-order valence-electron chi connectivity index (χ2n) is 5.14. The van der Waals surface area contributed by atoms with Crippen molar-refractivity contribution in [1.82, 2.24) is 4.98 Å². The van der Waals surface area contributed by atoms with Crippen molar-refractivity contribution in [3.05, 3.63) is 60.0 Å². The minimum Gasteiger partial charge on any atom is -0.504 e. The van der Waals surface area contributed by atoms with Gasteiger partial charge in [-0.15, -0.1) is 0 Å². The number of ether oxygens (including phenoxy) is 1. The van der Waals surface area contributed by atoms with Crippen LogP contribution >= 0.6 is 0 Å². The molecule has 0 amide bonds. The summed E-state index contributed by atoms with van der Waals surface area (Å²) in [6.45, 7) is 2.27. The number of phenolic OH excluding ortho intramolecular Hbond substituents is 2. The number of hydrogen-bond donors (Lipinski definition) is 2. The maximum absolute atomic E-state index is 9.43. The molecule has 0 saturated carbocycles. The number of rotatable bonds is 5. The Labute approximate surface area is 133 Å². The van der Waals surface area contributed by atoms with Crippen LogP contribution in [0, 0.1) is 6.92 Å². The van der Waals surface area contributed by atoms with Crippen LogP contribution in [0.15, 0.2) is 52.9 Å². The van der Waals surface area contributed by atoms with E-state index in [2.05, 4.69) is 4.98 Å². The molecular formula is C18H17NO4. The first-order valence-electron chi connectivity index (χ1n) is 7.30. The third kappa shape index (κ3) is 3.45. The van der Waals surface area contributed by atoms with Gasteiger partial charge >= 0.3 is 0 Å². The van der Waals surface area contributed by atoms with Crippen molar-refractivity contribution < 1.29 is 19.4 Å². The van der Waals surface area contributed by atoms with Gasteiger partial charge in [0.05, 0.1) is 12.3 Å². The Hall–Kier alpha value is -2.95. The van der Waals surface area contributed by atoms with Gasteiger partial charge in [0.2, 0.25) is 5.89 Å². The van der Waals surface area contributed by atoms with E-state index in [1.165, 1.54) is 12.1 Å². The van der Waals surface area contributed by atoms with Gasteiger partial charge in [0.1, 0.15) is 11.5 Å². The van der Waals surface area contributed by atoms with Crippen molar-refractivity contribution in [2.45, 2.75) is 13.3 Å². The predicted molar refractivity (Wildman–Crippen MR) is 85.6 cm³/mol. The van der Waals surface area contributed by atoms with E-state index >= 15 is 0 Å². The number of phenols is 2. The lowest BCUT2D eigenvalue weighted by atomic mass is 10.2. The first-order chi connectivity index (χ1) is 11.1. The highest BCUT2D eigenvalue weighted by Crippen LogP contribution is 2.28. The molecule has 0 aliphatic heterocycles. The minimum atomic E-state index is -0.202. The summed E-state index contributed by atoms with van der Waals surface area (Å²) in [5.74, 6) is 1.48. The maximum Gasteiger partial charge on any atom is 0.226 e. The molecule has 0 saturated heterocycles. The Bertz CT molecular complexity index is 796. The van der Waals surface area contributed by atoms with Crippen molar-refractivity contribution in [3.8, 4) is 28.7 Å². The van der Waals surface area contributed by atoms with Crippen LogP contribution in [0.5, 0.6) is 17.2 Å². The summed E-state index contributed by atoms with van der Waals surface area (Å²) in [5, 5.41) is 18.7. The summed E-state index contributed by atoms with van der Waals surface area (Å²) in [6, 6.07) is 14.1. The van der Waals surface area contributed by atoms with Crippen LogP contribution in [0.4, 0.5) is 0 Å². The number of aromatic nitrogens is 1. The van der Waals surface area contributed by atoms with Gasteiger partial charge in [-0.2, -0.15) is 0 Å². The van der Waals surface area contributed by atoms with Crippen molar-refractivity contribution in [3.63, 3.8) is 0 Å². The van der Waals surface area contributed by atoms with Crippen molar-refractivity contribution in [1.29, 1.82) is 0 Å². The molecule has 1 aromatic heterocycles. The second-order valence-corrected chi connectivity index (χ2v) is 5.14. The lowest BCUT2D eigenvalue weighted by Gasteiger charge is -2.06. The molecule has 5 nitrogen and oxygen atoms in total. The molecule has 3 aromatic rings. The molecule has 0 unspecified atom stereocenters. The molecule has 2 aromatic carbocycles. The minimum absolute atomic E-state index is 0.169. The Morgan fingerprint density at radius 2 is 1.83 bits per heavy atom. The topological polar surface area (TPSA) is 75.7 Å². The molecule has 2 N–H and O–H groups in total. The summed E-state index contributed by atoms with van der Waals surface area (Å²) in [5.41, 5.74) is 1.78. The summed E-state index contributed by atoms with van der Waals surface area (Å²) in [6.07, 6.45) is 0.587. The van der Waals surface area contributed by atoms with E-state index in [1.54, 1.807) is 6.07 Å². The van der Waals surface area contributed by atoms with E-state index in [9.17, 15) is 10.2 Å². The van der Waals surface area contributed by atoms with Crippen LogP contribution < -0.4 is 4.74 Å². The molecule has 3 rings (SSSR count). The van der Waals surface area contributed by atoms with Crippen LogP contribution in [-0.2, 0) is 6.42 Å². The Morgan fingerprint density at radius 3 is 2.57 bits per heavy atom. The van der Waals surface area contributed by atoms with Crippen molar-refractivity contribution in [2.24, 2.45) is 0 Å². The number of benzene rings is 2. The zero-order chi connectivity index (χ0) is 16.2. The third-order valence-electron chi connectivity index (χ3n) is 3.47. The number of nitrogens with zero attached hydrogens (tertiary/aromatic N) is 1. The first-order valence-corrected chi connectivity index (χ1v) is 7.30. The Morgan fingerprint density at radius 1 is 1.04 bits per heavy atom. The highest BCUT2D eigenvalue weighted by molar-refractivity contribution is 5.53. The van der Waals surface area contributed by atoms with Gasteiger partial charge in [0.15, 0.2) is 11.5 Å². The number of oxazole rings is 1. The number of aryl methyl sites for hydroxylation is 1. The predicted octanol–water partition coefficient (Wildman–Crippen LogP) is 3.68. The molecule has 23 heavy (non-hydrogen) atoms. The molecular weight excluding hydrogens is 294 g/mol. The van der Waals surface area contributed by atoms with E-state index in [-0.39, 0.29) is 11.5 Å². The highest BCUT2D eigenvalue weighted by atomic mass is 16.5. The van der Waals surface area contributed by atoms with E-state index in [1.807, 2.05) is 37.3 Å². The van der Waals surface area contributed by atoms with Gasteiger partial charge in [0.25, 0.3) is 0 Å². The lowest BCUT2D eigenvalue weighted by Crippen LogP contribution is -2.02. The van der Waals surface area contributed by atoms with E-state index in [0.29, 0.717) is 24.7 Å². The summed E-state index contributed by atoms with van der Waals surface area (Å²) in [7, 11) is 0. The van der Waals surface area contributed by atoms with Crippen LogP contribution in [0.25, 0.3) is 11.5 Å². The zero-order valence-electron chi connectivity index (χ0n) is 12.7. The standard InChI is InChI=1S/C18H17NO4/c1-12-15(19-18(23-12)13-5-3-2-4-6-13)9-10-22-14-7-8-16(20)17(21)11-14/h2-8,11,20-21H,9-10H2,1H3. The van der Waals surface area contributed by atoms with Crippen LogP contribution in [-0.4, -0.2) is 21.8 Å². The molecule has 0 fully saturated rings. The first kappa shape index (κ1) is 15.0. The summed E-state index contributed by atoms with van der Waals surface area (Å²) in [4.78, 5) is 4.51. The Balaban J connectivity index is 1.64. The lowest BCUT2D eigenvalue weighted by molar-refractivity contribution is 0.316. The third-order valence-corrected chi connectivity index (χ3v) is 3.47. The fourth-order valence-electron chi connectivity index (χ4n) is 2.22. The summed E-state index contributed by atoms with van der Waals surface area (Å²) >= 11 is 0. The van der Waals surface area contributed by atoms with Gasteiger partial charge in [-0.1, -0.05) is 18.2 Å². The maximum atomic E-state index is 9.43. The van der Waals surface area contributed by atoms with Gasteiger partial charge in [-0.05, 0) is 31.2 Å².